The van der Waals surface area contributed by atoms with Gasteiger partial charge in [0, 0.05) is 4.47 Å². The van der Waals surface area contributed by atoms with Gasteiger partial charge in [-0.1, -0.05) is 46.3 Å². The lowest BCUT2D eigenvalue weighted by Crippen LogP contribution is -2.50. The van der Waals surface area contributed by atoms with Crippen LogP contribution in [0.25, 0.3) is 0 Å². The minimum Gasteiger partial charge on any atom is -0.207 e. The van der Waals surface area contributed by atoms with E-state index < -0.39 is 15.6 Å². The molecular weight excluding hydrogens is 350 g/mol. The van der Waals surface area contributed by atoms with Crippen molar-refractivity contribution in [2.24, 2.45) is 0 Å². The largest absolute Gasteiger partial charge is 0.241 e. The van der Waals surface area contributed by atoms with Gasteiger partial charge in [-0.05, 0) is 49.1 Å². The van der Waals surface area contributed by atoms with Crippen LogP contribution in [0.4, 0.5) is 0 Å². The van der Waals surface area contributed by atoms with E-state index in [0.29, 0.717) is 4.90 Å². The standard InChI is InChI=1S/C16H16BrNO2S/c17-14-9-7-13(8-10-14)16(11-4-12-16)18-21(19,20)15-5-2-1-3-6-15/h1-3,5-10,18H,4,11-12H2. The molecule has 1 saturated carbocycles. The minimum atomic E-state index is -3.50. The molecule has 3 rings (SSSR count). The summed E-state index contributed by atoms with van der Waals surface area (Å²) in [5, 5.41) is 0. The molecule has 0 amide bonds. The number of halogens is 1. The summed E-state index contributed by atoms with van der Waals surface area (Å²) in [6, 6.07) is 16.4. The summed E-state index contributed by atoms with van der Waals surface area (Å²) in [4.78, 5) is 0.313. The van der Waals surface area contributed by atoms with E-state index in [1.165, 1.54) is 0 Å². The zero-order valence-corrected chi connectivity index (χ0v) is 13.8. The Morgan fingerprint density at radius 3 is 2.10 bits per heavy atom. The van der Waals surface area contributed by atoms with Gasteiger partial charge in [-0.3, -0.25) is 0 Å². The first-order chi connectivity index (χ1) is 10.0. The summed E-state index contributed by atoms with van der Waals surface area (Å²) < 4.78 is 29.0. The maximum absolute atomic E-state index is 12.6. The van der Waals surface area contributed by atoms with E-state index in [1.54, 1.807) is 24.3 Å². The minimum absolute atomic E-state index is 0.313. The molecule has 0 radical (unpaired) electrons. The fraction of sp³-hybridized carbons (Fsp3) is 0.250. The molecule has 0 saturated heterocycles. The van der Waals surface area contributed by atoms with E-state index in [2.05, 4.69) is 20.7 Å². The van der Waals surface area contributed by atoms with Gasteiger partial charge in [0.1, 0.15) is 0 Å². The van der Waals surface area contributed by atoms with Crippen LogP contribution in [0, 0.1) is 0 Å². The van der Waals surface area contributed by atoms with Gasteiger partial charge in [-0.15, -0.1) is 0 Å². The molecular formula is C16H16BrNO2S. The molecule has 21 heavy (non-hydrogen) atoms. The van der Waals surface area contributed by atoms with E-state index in [4.69, 9.17) is 0 Å². The number of benzene rings is 2. The molecule has 1 aliphatic rings. The Bertz CT molecular complexity index is 723. The Balaban J connectivity index is 1.93. The van der Waals surface area contributed by atoms with Crippen molar-refractivity contribution in [2.75, 3.05) is 0 Å². The van der Waals surface area contributed by atoms with Gasteiger partial charge in [0.2, 0.25) is 10.0 Å². The summed E-state index contributed by atoms with van der Waals surface area (Å²) in [7, 11) is -3.50. The van der Waals surface area contributed by atoms with E-state index in [0.717, 1.165) is 29.3 Å². The second-order valence-corrected chi connectivity index (χ2v) is 7.96. The Hall–Kier alpha value is -1.17. The van der Waals surface area contributed by atoms with E-state index in [1.807, 2.05) is 30.3 Å². The van der Waals surface area contributed by atoms with Crippen molar-refractivity contribution in [3.05, 3.63) is 64.6 Å². The number of hydrogen-bond acceptors (Lipinski definition) is 2. The van der Waals surface area contributed by atoms with Crippen molar-refractivity contribution in [1.82, 2.24) is 4.72 Å². The Labute approximate surface area is 133 Å². The molecule has 2 aromatic carbocycles. The van der Waals surface area contributed by atoms with Crippen molar-refractivity contribution < 1.29 is 8.42 Å². The fourth-order valence-corrected chi connectivity index (χ4v) is 4.40. The van der Waals surface area contributed by atoms with Gasteiger partial charge in [-0.25, -0.2) is 13.1 Å². The molecule has 0 unspecified atom stereocenters. The molecule has 0 aliphatic heterocycles. The van der Waals surface area contributed by atoms with Crippen molar-refractivity contribution in [3.63, 3.8) is 0 Å². The van der Waals surface area contributed by atoms with Crippen LogP contribution in [0.5, 0.6) is 0 Å². The third-order valence-corrected chi connectivity index (χ3v) is 6.07. The highest BCUT2D eigenvalue weighted by atomic mass is 79.9. The second-order valence-electron chi connectivity index (χ2n) is 5.36. The average Bonchev–Trinajstić information content (AvgIpc) is 2.45. The van der Waals surface area contributed by atoms with Crippen LogP contribution >= 0.6 is 15.9 Å². The molecule has 5 heteroatoms. The zero-order valence-electron chi connectivity index (χ0n) is 11.4. The fourth-order valence-electron chi connectivity index (χ4n) is 2.66. The molecule has 110 valence electrons. The third-order valence-electron chi connectivity index (χ3n) is 3.99. The predicted molar refractivity (Wildman–Crippen MR) is 86.4 cm³/mol. The molecule has 0 heterocycles. The van der Waals surface area contributed by atoms with Crippen LogP contribution in [0.1, 0.15) is 24.8 Å². The number of hydrogen-bond donors (Lipinski definition) is 1. The summed E-state index contributed by atoms with van der Waals surface area (Å²) in [6.07, 6.45) is 2.70. The highest BCUT2D eigenvalue weighted by molar-refractivity contribution is 9.10. The number of rotatable bonds is 4. The lowest BCUT2D eigenvalue weighted by Gasteiger charge is -2.42. The lowest BCUT2D eigenvalue weighted by molar-refractivity contribution is 0.224. The van der Waals surface area contributed by atoms with Crippen LogP contribution in [0.3, 0.4) is 0 Å². The first kappa shape index (κ1) is 14.8. The van der Waals surface area contributed by atoms with E-state index in [9.17, 15) is 8.42 Å². The monoisotopic (exact) mass is 365 g/mol. The van der Waals surface area contributed by atoms with Crippen molar-refractivity contribution in [3.8, 4) is 0 Å². The van der Waals surface area contributed by atoms with Crippen LogP contribution in [-0.2, 0) is 15.6 Å². The zero-order chi connectivity index (χ0) is 14.9. The molecule has 1 fully saturated rings. The smallest absolute Gasteiger partial charge is 0.207 e. The second kappa shape index (κ2) is 5.55. The van der Waals surface area contributed by atoms with Crippen LogP contribution in [0.2, 0.25) is 0 Å². The predicted octanol–water partition coefficient (Wildman–Crippen LogP) is 3.81. The summed E-state index contributed by atoms with van der Waals surface area (Å²) >= 11 is 3.41. The summed E-state index contributed by atoms with van der Waals surface area (Å²) in [5.74, 6) is 0. The molecule has 0 spiro atoms. The number of nitrogens with one attached hydrogen (secondary N) is 1. The maximum atomic E-state index is 12.6. The first-order valence-corrected chi connectivity index (χ1v) is 9.15. The van der Waals surface area contributed by atoms with Gasteiger partial charge in [0.15, 0.2) is 0 Å². The van der Waals surface area contributed by atoms with Crippen LogP contribution in [-0.4, -0.2) is 8.42 Å². The molecule has 0 bridgehead atoms. The first-order valence-electron chi connectivity index (χ1n) is 6.87. The summed E-state index contributed by atoms with van der Waals surface area (Å²) in [5.41, 5.74) is 0.562. The van der Waals surface area contributed by atoms with Gasteiger partial charge in [-0.2, -0.15) is 0 Å². The van der Waals surface area contributed by atoms with E-state index in [-0.39, 0.29) is 0 Å². The molecule has 2 aromatic rings. The molecule has 1 aliphatic carbocycles. The molecule has 1 N–H and O–H groups in total. The lowest BCUT2D eigenvalue weighted by atomic mass is 9.73. The third kappa shape index (κ3) is 2.91. The van der Waals surface area contributed by atoms with Crippen LogP contribution < -0.4 is 4.72 Å². The maximum Gasteiger partial charge on any atom is 0.241 e. The van der Waals surface area contributed by atoms with Gasteiger partial charge < -0.3 is 0 Å². The Morgan fingerprint density at radius 1 is 0.952 bits per heavy atom. The van der Waals surface area contributed by atoms with Crippen molar-refractivity contribution in [1.29, 1.82) is 0 Å². The molecule has 0 atom stereocenters. The van der Waals surface area contributed by atoms with Gasteiger partial charge >= 0.3 is 0 Å². The summed E-state index contributed by atoms with van der Waals surface area (Å²) in [6.45, 7) is 0. The molecule has 3 nitrogen and oxygen atoms in total. The van der Waals surface area contributed by atoms with Crippen molar-refractivity contribution in [2.45, 2.75) is 29.7 Å². The highest BCUT2D eigenvalue weighted by Gasteiger charge is 2.42. The Kier molecular flexibility index (Phi) is 3.90. The van der Waals surface area contributed by atoms with E-state index >= 15 is 0 Å². The van der Waals surface area contributed by atoms with Crippen LogP contribution in [0.15, 0.2) is 64.0 Å². The average molecular weight is 366 g/mol. The molecule has 0 aromatic heterocycles. The SMILES string of the molecule is O=S(=O)(NC1(c2ccc(Br)cc2)CCC1)c1ccccc1. The topological polar surface area (TPSA) is 46.2 Å². The van der Waals surface area contributed by atoms with Crippen molar-refractivity contribution >= 4 is 26.0 Å². The normalized spacial score (nSPS) is 17.2. The number of sulfonamides is 1. The van der Waals surface area contributed by atoms with Gasteiger partial charge in [0.25, 0.3) is 0 Å². The quantitative estimate of drug-likeness (QED) is 0.895. The van der Waals surface area contributed by atoms with Gasteiger partial charge in [0.05, 0.1) is 10.4 Å². The Morgan fingerprint density at radius 2 is 1.57 bits per heavy atom. The highest BCUT2D eigenvalue weighted by Crippen LogP contribution is 2.42.